The van der Waals surface area contributed by atoms with E-state index in [1.807, 2.05) is 0 Å². The Morgan fingerprint density at radius 2 is 1.64 bits per heavy atom. The zero-order valence-electron chi connectivity index (χ0n) is 15.8. The monoisotopic (exact) mass is 403 g/mol. The van der Waals surface area contributed by atoms with Gasteiger partial charge >= 0.3 is 0 Å². The van der Waals surface area contributed by atoms with Crippen LogP contribution in [0.5, 0.6) is 5.75 Å². The van der Waals surface area contributed by atoms with Gasteiger partial charge in [0.2, 0.25) is 17.7 Å². The molecule has 0 fully saturated rings. The SMILES string of the molecule is COc1ccc(C(CC(=O)Nc2cc(Cl)ccc2NC(C)=O)NC(C)=O)cc1. The summed E-state index contributed by atoms with van der Waals surface area (Å²) in [5.74, 6) is -0.195. The second kappa shape index (κ2) is 9.75. The van der Waals surface area contributed by atoms with E-state index in [1.54, 1.807) is 49.6 Å². The summed E-state index contributed by atoms with van der Waals surface area (Å²) in [7, 11) is 1.56. The summed E-state index contributed by atoms with van der Waals surface area (Å²) in [6.45, 7) is 2.76. The normalized spacial score (nSPS) is 11.3. The molecule has 0 aliphatic carbocycles. The first-order valence-electron chi connectivity index (χ1n) is 8.56. The van der Waals surface area contributed by atoms with Gasteiger partial charge in [-0.3, -0.25) is 14.4 Å². The summed E-state index contributed by atoms with van der Waals surface area (Å²) in [5, 5.41) is 8.57. The first kappa shape index (κ1) is 21.2. The average Bonchev–Trinajstić information content (AvgIpc) is 2.63. The maximum absolute atomic E-state index is 12.6. The molecular formula is C20H22ClN3O4. The third-order valence-corrected chi connectivity index (χ3v) is 4.09. The molecule has 0 aliphatic rings. The highest BCUT2D eigenvalue weighted by Crippen LogP contribution is 2.27. The van der Waals surface area contributed by atoms with Crippen LogP contribution in [0.1, 0.15) is 31.9 Å². The largest absolute Gasteiger partial charge is 0.497 e. The molecule has 0 heterocycles. The van der Waals surface area contributed by atoms with Gasteiger partial charge < -0.3 is 20.7 Å². The molecule has 0 saturated carbocycles. The molecule has 0 aromatic heterocycles. The minimum atomic E-state index is -0.521. The smallest absolute Gasteiger partial charge is 0.226 e. The third kappa shape index (κ3) is 6.28. The Hall–Kier alpha value is -3.06. The van der Waals surface area contributed by atoms with Crippen molar-refractivity contribution in [2.75, 3.05) is 17.7 Å². The number of amides is 3. The molecule has 1 atom stereocenters. The number of carbonyl (C=O) groups is 3. The number of benzene rings is 2. The lowest BCUT2D eigenvalue weighted by Gasteiger charge is -2.19. The number of methoxy groups -OCH3 is 1. The van der Waals surface area contributed by atoms with E-state index in [0.29, 0.717) is 22.1 Å². The van der Waals surface area contributed by atoms with Crippen LogP contribution in [0.25, 0.3) is 0 Å². The minimum absolute atomic E-state index is 0.00205. The van der Waals surface area contributed by atoms with Gasteiger partial charge in [0, 0.05) is 18.9 Å². The predicted octanol–water partition coefficient (Wildman–Crippen LogP) is 3.51. The van der Waals surface area contributed by atoms with Crippen molar-refractivity contribution in [2.24, 2.45) is 0 Å². The number of hydrogen-bond acceptors (Lipinski definition) is 4. The van der Waals surface area contributed by atoms with Crippen LogP contribution in [0.2, 0.25) is 5.02 Å². The topological polar surface area (TPSA) is 96.5 Å². The third-order valence-electron chi connectivity index (χ3n) is 3.85. The van der Waals surface area contributed by atoms with E-state index in [9.17, 15) is 14.4 Å². The van der Waals surface area contributed by atoms with Crippen LogP contribution in [0, 0.1) is 0 Å². The molecular weight excluding hydrogens is 382 g/mol. The van der Waals surface area contributed by atoms with Crippen molar-refractivity contribution in [3.63, 3.8) is 0 Å². The van der Waals surface area contributed by atoms with E-state index in [4.69, 9.17) is 16.3 Å². The summed E-state index contributed by atoms with van der Waals surface area (Å²) in [6.07, 6.45) is -0.00205. The highest BCUT2D eigenvalue weighted by atomic mass is 35.5. The molecule has 148 valence electrons. The molecule has 1 unspecified atom stereocenters. The van der Waals surface area contributed by atoms with Crippen LogP contribution < -0.4 is 20.7 Å². The second-order valence-electron chi connectivity index (χ2n) is 6.15. The summed E-state index contributed by atoms with van der Waals surface area (Å²) in [6, 6.07) is 11.3. The molecule has 7 nitrogen and oxygen atoms in total. The maximum atomic E-state index is 12.6. The molecule has 2 rings (SSSR count). The van der Waals surface area contributed by atoms with Gasteiger partial charge in [-0.1, -0.05) is 23.7 Å². The fourth-order valence-corrected chi connectivity index (χ4v) is 2.81. The molecule has 8 heteroatoms. The summed E-state index contributed by atoms with van der Waals surface area (Å²) in [5.41, 5.74) is 1.58. The fraction of sp³-hybridized carbons (Fsp3) is 0.250. The van der Waals surface area contributed by atoms with Crippen molar-refractivity contribution < 1.29 is 19.1 Å². The number of halogens is 1. The van der Waals surface area contributed by atoms with Crippen LogP contribution in [0.4, 0.5) is 11.4 Å². The summed E-state index contributed by atoms with van der Waals surface area (Å²) < 4.78 is 5.13. The fourth-order valence-electron chi connectivity index (χ4n) is 2.64. The number of hydrogen-bond donors (Lipinski definition) is 3. The standard InChI is InChI=1S/C20H22ClN3O4/c1-12(25)22-17-9-6-15(21)10-19(17)24-20(27)11-18(23-13(2)26)14-4-7-16(28-3)8-5-14/h4-10,18H,11H2,1-3H3,(H,22,25)(H,23,26)(H,24,27). The van der Waals surface area contributed by atoms with Crippen molar-refractivity contribution in [1.82, 2.24) is 5.32 Å². The lowest BCUT2D eigenvalue weighted by molar-refractivity contribution is -0.120. The van der Waals surface area contributed by atoms with Gasteiger partial charge in [-0.15, -0.1) is 0 Å². The van der Waals surface area contributed by atoms with Crippen LogP contribution in [0.3, 0.4) is 0 Å². The van der Waals surface area contributed by atoms with E-state index in [0.717, 1.165) is 5.56 Å². The Balaban J connectivity index is 2.18. The molecule has 2 aromatic rings. The number of anilines is 2. The van der Waals surface area contributed by atoms with Gasteiger partial charge in [0.25, 0.3) is 0 Å². The van der Waals surface area contributed by atoms with E-state index in [-0.39, 0.29) is 24.1 Å². The molecule has 0 saturated heterocycles. The number of carbonyl (C=O) groups excluding carboxylic acids is 3. The van der Waals surface area contributed by atoms with Crippen LogP contribution >= 0.6 is 11.6 Å². The van der Waals surface area contributed by atoms with Crippen molar-refractivity contribution in [2.45, 2.75) is 26.3 Å². The maximum Gasteiger partial charge on any atom is 0.226 e. The van der Waals surface area contributed by atoms with Gasteiger partial charge in [-0.05, 0) is 35.9 Å². The molecule has 0 radical (unpaired) electrons. The Morgan fingerprint density at radius 3 is 2.21 bits per heavy atom. The van der Waals surface area contributed by atoms with Gasteiger partial charge in [0.1, 0.15) is 5.75 Å². The van der Waals surface area contributed by atoms with Crippen LogP contribution in [-0.2, 0) is 14.4 Å². The van der Waals surface area contributed by atoms with Gasteiger partial charge in [0.15, 0.2) is 0 Å². The molecule has 3 amide bonds. The highest BCUT2D eigenvalue weighted by Gasteiger charge is 2.18. The van der Waals surface area contributed by atoms with Crippen LogP contribution in [0.15, 0.2) is 42.5 Å². The van der Waals surface area contributed by atoms with E-state index < -0.39 is 6.04 Å². The first-order valence-corrected chi connectivity index (χ1v) is 8.94. The average molecular weight is 404 g/mol. The molecule has 0 spiro atoms. The summed E-state index contributed by atoms with van der Waals surface area (Å²) in [4.78, 5) is 35.5. The van der Waals surface area contributed by atoms with E-state index >= 15 is 0 Å². The van der Waals surface area contributed by atoms with Gasteiger partial charge in [-0.25, -0.2) is 0 Å². The summed E-state index contributed by atoms with van der Waals surface area (Å²) >= 11 is 6.00. The lowest BCUT2D eigenvalue weighted by Crippen LogP contribution is -2.30. The Kier molecular flexibility index (Phi) is 7.40. The predicted molar refractivity (Wildman–Crippen MR) is 109 cm³/mol. The van der Waals surface area contributed by atoms with E-state index in [2.05, 4.69) is 16.0 Å². The van der Waals surface area contributed by atoms with Crippen molar-refractivity contribution >= 4 is 40.7 Å². The lowest BCUT2D eigenvalue weighted by atomic mass is 10.0. The number of ether oxygens (including phenoxy) is 1. The zero-order chi connectivity index (χ0) is 20.7. The van der Waals surface area contributed by atoms with Crippen LogP contribution in [-0.4, -0.2) is 24.8 Å². The molecule has 2 aromatic carbocycles. The molecule has 0 aliphatic heterocycles. The van der Waals surface area contributed by atoms with E-state index in [1.165, 1.54) is 13.8 Å². The van der Waals surface area contributed by atoms with Crippen molar-refractivity contribution in [1.29, 1.82) is 0 Å². The highest BCUT2D eigenvalue weighted by molar-refractivity contribution is 6.31. The van der Waals surface area contributed by atoms with Crippen molar-refractivity contribution in [3.05, 3.63) is 53.1 Å². The Bertz CT molecular complexity index is 868. The second-order valence-corrected chi connectivity index (χ2v) is 6.59. The van der Waals surface area contributed by atoms with Crippen molar-refractivity contribution in [3.8, 4) is 5.75 Å². The molecule has 28 heavy (non-hydrogen) atoms. The minimum Gasteiger partial charge on any atom is -0.497 e. The van der Waals surface area contributed by atoms with Gasteiger partial charge in [0.05, 0.1) is 30.9 Å². The molecule has 3 N–H and O–H groups in total. The quantitative estimate of drug-likeness (QED) is 0.659. The Labute approximate surface area is 168 Å². The first-order chi connectivity index (χ1) is 13.3. The zero-order valence-corrected chi connectivity index (χ0v) is 16.6. The number of rotatable bonds is 7. The number of nitrogens with one attached hydrogen (secondary N) is 3. The van der Waals surface area contributed by atoms with Gasteiger partial charge in [-0.2, -0.15) is 0 Å². The molecule has 0 bridgehead atoms. The Morgan fingerprint density at radius 1 is 0.964 bits per heavy atom.